The van der Waals surface area contributed by atoms with E-state index in [0.29, 0.717) is 57.3 Å². The number of carbonyl (C=O) groups is 4. The Kier molecular flexibility index (Phi) is 12.2. The lowest BCUT2D eigenvalue weighted by molar-refractivity contribution is -0.140. The zero-order valence-corrected chi connectivity index (χ0v) is 30.9. The summed E-state index contributed by atoms with van der Waals surface area (Å²) in [6.45, 7) is 0.845. The van der Waals surface area contributed by atoms with E-state index < -0.39 is 72.7 Å². The molecule has 3 aliphatic heterocycles. The van der Waals surface area contributed by atoms with Crippen molar-refractivity contribution in [1.29, 1.82) is 0 Å². The van der Waals surface area contributed by atoms with Crippen LogP contribution in [0.4, 0.5) is 34.1 Å². The van der Waals surface area contributed by atoms with Crippen molar-refractivity contribution in [3.63, 3.8) is 0 Å². The number of fused-ring (bicyclic) bond motifs is 2. The van der Waals surface area contributed by atoms with Crippen LogP contribution in [0.1, 0.15) is 95.5 Å². The molecule has 6 rings (SSSR count). The van der Waals surface area contributed by atoms with Gasteiger partial charge in [0.1, 0.15) is 29.6 Å². The lowest BCUT2D eigenvalue weighted by Gasteiger charge is -2.31. The fourth-order valence-electron chi connectivity index (χ4n) is 8.08. The Hall–Kier alpha value is -3.82. The van der Waals surface area contributed by atoms with Crippen molar-refractivity contribution in [2.24, 2.45) is 5.92 Å². The molecule has 2 saturated heterocycles. The molecule has 54 heavy (non-hydrogen) atoms. The van der Waals surface area contributed by atoms with E-state index in [2.05, 4.69) is 16.0 Å². The molecule has 0 aromatic heterocycles. The molecule has 2 aliphatic carbocycles. The van der Waals surface area contributed by atoms with E-state index in [1.807, 2.05) is 11.0 Å². The first-order valence-corrected chi connectivity index (χ1v) is 20.5. The third kappa shape index (κ3) is 9.34. The topological polar surface area (TPSA) is 187 Å². The summed E-state index contributed by atoms with van der Waals surface area (Å²) >= 11 is 0. The largest absolute Gasteiger partial charge is 0.446 e. The SMILES string of the molecule is O=C(N[C@H]1CCCCC/C=C\[C@@H]2CC2(P(=O)(O)O)NC(=O)[C@@H]2C[C@@H](OC(=O)Nc3cc(C(F)(F)F)ccc3N3CCCCC3)CN2C1=O)OC1CCCC1. The van der Waals surface area contributed by atoms with Gasteiger partial charge in [-0.3, -0.25) is 19.5 Å². The minimum atomic E-state index is -4.90. The third-order valence-corrected chi connectivity index (χ3v) is 12.8. The molecule has 298 valence electrons. The maximum atomic E-state index is 14.3. The fourth-order valence-corrected chi connectivity index (χ4v) is 9.29. The predicted octanol–water partition coefficient (Wildman–Crippen LogP) is 5.78. The summed E-state index contributed by atoms with van der Waals surface area (Å²) < 4.78 is 65.1. The van der Waals surface area contributed by atoms with Gasteiger partial charge in [-0.15, -0.1) is 0 Å². The number of amides is 4. The summed E-state index contributed by atoms with van der Waals surface area (Å²) in [4.78, 5) is 78.2. The van der Waals surface area contributed by atoms with Gasteiger partial charge in [0.2, 0.25) is 11.8 Å². The van der Waals surface area contributed by atoms with E-state index >= 15 is 0 Å². The molecule has 18 heteroatoms. The Morgan fingerprint density at radius 1 is 0.926 bits per heavy atom. The summed E-state index contributed by atoms with van der Waals surface area (Å²) in [6, 6.07) is 0.613. The van der Waals surface area contributed by atoms with Crippen LogP contribution in [0.25, 0.3) is 0 Å². The van der Waals surface area contributed by atoms with E-state index in [9.17, 15) is 46.7 Å². The lowest BCUT2D eigenvalue weighted by Crippen LogP contribution is -2.55. The third-order valence-electron chi connectivity index (χ3n) is 11.1. The van der Waals surface area contributed by atoms with Gasteiger partial charge in [0.05, 0.1) is 23.5 Å². The minimum Gasteiger partial charge on any atom is -0.446 e. The summed E-state index contributed by atoms with van der Waals surface area (Å²) in [7, 11) is -4.90. The summed E-state index contributed by atoms with van der Waals surface area (Å²) in [5.41, 5.74) is -0.688. The fraction of sp³-hybridized carbons (Fsp3) is 0.667. The molecule has 0 bridgehead atoms. The molecule has 4 amide bonds. The number of hydrogen-bond donors (Lipinski definition) is 5. The Labute approximate surface area is 311 Å². The van der Waals surface area contributed by atoms with Crippen LogP contribution >= 0.6 is 7.60 Å². The first kappa shape index (κ1) is 39.9. The summed E-state index contributed by atoms with van der Waals surface area (Å²) in [5.74, 6) is -2.18. The van der Waals surface area contributed by atoms with Gasteiger partial charge in [-0.2, -0.15) is 13.2 Å². The first-order chi connectivity index (χ1) is 25.6. The molecule has 0 radical (unpaired) electrons. The van der Waals surface area contributed by atoms with Gasteiger partial charge < -0.3 is 39.7 Å². The highest BCUT2D eigenvalue weighted by Gasteiger charge is 2.66. The highest BCUT2D eigenvalue weighted by atomic mass is 31.2. The quantitative estimate of drug-likeness (QED) is 0.175. The van der Waals surface area contributed by atoms with Gasteiger partial charge in [0.25, 0.3) is 0 Å². The van der Waals surface area contributed by atoms with Crippen LogP contribution in [-0.2, 0) is 29.8 Å². The number of alkyl halides is 3. The van der Waals surface area contributed by atoms with E-state index in [0.717, 1.165) is 49.1 Å². The normalized spacial score (nSPS) is 29.2. The van der Waals surface area contributed by atoms with Crippen molar-refractivity contribution in [1.82, 2.24) is 15.5 Å². The zero-order chi connectivity index (χ0) is 38.7. The van der Waals surface area contributed by atoms with Gasteiger partial charge in [-0.05, 0) is 88.8 Å². The van der Waals surface area contributed by atoms with Gasteiger partial charge in [-0.1, -0.05) is 25.0 Å². The molecule has 5 aliphatic rings. The van der Waals surface area contributed by atoms with E-state index in [1.165, 1.54) is 6.07 Å². The number of allylic oxidation sites excluding steroid dienone is 1. The van der Waals surface area contributed by atoms with Crippen molar-refractivity contribution in [2.75, 3.05) is 29.9 Å². The number of alkyl carbamates (subject to hydrolysis) is 1. The molecule has 5 atom stereocenters. The lowest BCUT2D eigenvalue weighted by atomic mass is 10.0. The van der Waals surface area contributed by atoms with Crippen LogP contribution in [0.2, 0.25) is 0 Å². The number of benzene rings is 1. The first-order valence-electron chi connectivity index (χ1n) is 18.9. The second-order valence-electron chi connectivity index (χ2n) is 15.0. The number of nitrogens with zero attached hydrogens (tertiary/aromatic N) is 2. The molecule has 2 saturated carbocycles. The Bertz CT molecular complexity index is 1650. The Balaban J connectivity index is 1.24. The summed E-state index contributed by atoms with van der Waals surface area (Å²) in [5, 5.41) is 5.77. The van der Waals surface area contributed by atoms with Crippen molar-refractivity contribution in [3.8, 4) is 0 Å². The Morgan fingerprint density at radius 3 is 2.31 bits per heavy atom. The number of anilines is 2. The standard InChI is InChI=1S/C36H49F3N5O9P/c37-36(38,39)23-15-16-29(43-17-9-4-10-18-43)28(19-23)41-34(48)53-26-20-30-31(45)42-35(54(49,50)51)21-24(35)11-5-2-1-3-6-14-27(32(46)44(30)22-26)40-33(47)52-25-12-7-8-13-25/h5,11,15-16,19,24-27,30H,1-4,6-10,12-14,17-18,20-22H2,(H,40,47)(H,41,48)(H,42,45)(H2,49,50,51)/b11-5-/t24-,26-,27+,30+,35?/m1/s1. The van der Waals surface area contributed by atoms with Crippen molar-refractivity contribution < 1.29 is 56.2 Å². The molecule has 3 heterocycles. The average Bonchev–Trinajstić information content (AvgIpc) is 3.38. The number of hydrogen-bond acceptors (Lipinski definition) is 8. The van der Waals surface area contributed by atoms with Gasteiger partial charge in [-0.25, -0.2) is 9.59 Å². The monoisotopic (exact) mass is 783 g/mol. The molecule has 1 aromatic carbocycles. The highest BCUT2D eigenvalue weighted by molar-refractivity contribution is 7.54. The average molecular weight is 784 g/mol. The molecular weight excluding hydrogens is 734 g/mol. The molecule has 14 nitrogen and oxygen atoms in total. The van der Waals surface area contributed by atoms with Crippen LogP contribution in [0.3, 0.4) is 0 Å². The van der Waals surface area contributed by atoms with Gasteiger partial charge in [0.15, 0.2) is 0 Å². The maximum absolute atomic E-state index is 14.3. The minimum absolute atomic E-state index is 0.0178. The number of piperidine rings is 1. The Morgan fingerprint density at radius 2 is 1.61 bits per heavy atom. The molecule has 0 spiro atoms. The smallest absolute Gasteiger partial charge is 0.416 e. The molecule has 1 unspecified atom stereocenters. The van der Waals surface area contributed by atoms with Crippen LogP contribution in [0, 0.1) is 5.92 Å². The number of halogens is 3. The van der Waals surface area contributed by atoms with Crippen LogP contribution in [-0.4, -0.2) is 87.9 Å². The number of rotatable bonds is 6. The van der Waals surface area contributed by atoms with E-state index in [1.54, 1.807) is 6.08 Å². The maximum Gasteiger partial charge on any atom is 0.416 e. The van der Waals surface area contributed by atoms with Gasteiger partial charge in [0, 0.05) is 25.4 Å². The van der Waals surface area contributed by atoms with Crippen molar-refractivity contribution in [3.05, 3.63) is 35.9 Å². The van der Waals surface area contributed by atoms with Crippen LogP contribution < -0.4 is 20.9 Å². The van der Waals surface area contributed by atoms with Crippen LogP contribution in [0.5, 0.6) is 0 Å². The van der Waals surface area contributed by atoms with E-state index in [4.69, 9.17) is 9.47 Å². The molecule has 1 aromatic rings. The van der Waals surface area contributed by atoms with Gasteiger partial charge >= 0.3 is 26.0 Å². The predicted molar refractivity (Wildman–Crippen MR) is 190 cm³/mol. The van der Waals surface area contributed by atoms with Crippen molar-refractivity contribution >= 4 is 43.0 Å². The molecule has 5 N–H and O–H groups in total. The van der Waals surface area contributed by atoms with Crippen molar-refractivity contribution in [2.45, 2.75) is 126 Å². The molecular formula is C36H49F3N5O9P. The number of carbonyl (C=O) groups excluding carboxylic acids is 4. The second-order valence-corrected chi connectivity index (χ2v) is 16.9. The highest BCUT2D eigenvalue weighted by Crippen LogP contribution is 2.67. The second kappa shape index (κ2) is 16.5. The summed E-state index contributed by atoms with van der Waals surface area (Å²) in [6.07, 6.45) is 3.86. The number of nitrogens with one attached hydrogen (secondary N) is 3. The van der Waals surface area contributed by atoms with Crippen LogP contribution in [0.15, 0.2) is 30.4 Å². The molecule has 4 fully saturated rings. The van der Waals surface area contributed by atoms with E-state index in [-0.39, 0.29) is 37.6 Å². The zero-order valence-electron chi connectivity index (χ0n) is 30.0. The number of ether oxygens (including phenoxy) is 2.